The molecule has 1 unspecified atom stereocenters. The number of rotatable bonds is 10. The van der Waals surface area contributed by atoms with Crippen molar-refractivity contribution in [1.29, 1.82) is 0 Å². The van der Waals surface area contributed by atoms with Crippen LogP contribution < -0.4 is 23.8 Å². The molecular formula is C31H33NO7. The van der Waals surface area contributed by atoms with Crippen LogP contribution in [0.5, 0.6) is 23.0 Å². The maximum absolute atomic E-state index is 13.5. The van der Waals surface area contributed by atoms with E-state index in [0.29, 0.717) is 47.5 Å². The first kappa shape index (κ1) is 27.6. The molecule has 1 N–H and O–H groups in total. The van der Waals surface area contributed by atoms with Gasteiger partial charge in [-0.05, 0) is 81.8 Å². The molecule has 0 aromatic heterocycles. The number of hydrogen-bond donors (Lipinski definition) is 1. The van der Waals surface area contributed by atoms with Gasteiger partial charge < -0.3 is 24.1 Å². The van der Waals surface area contributed by atoms with Crippen LogP contribution in [0.15, 0.2) is 72.3 Å². The van der Waals surface area contributed by atoms with Crippen molar-refractivity contribution in [3.63, 3.8) is 0 Å². The summed E-state index contributed by atoms with van der Waals surface area (Å²) in [5.41, 5.74) is 1.36. The maximum atomic E-state index is 13.5. The van der Waals surface area contributed by atoms with E-state index in [1.165, 1.54) is 4.90 Å². The van der Waals surface area contributed by atoms with E-state index in [1.54, 1.807) is 73.8 Å². The smallest absolute Gasteiger partial charge is 0.300 e. The van der Waals surface area contributed by atoms with E-state index in [-0.39, 0.29) is 23.0 Å². The highest BCUT2D eigenvalue weighted by Gasteiger charge is 2.47. The molecule has 0 bridgehead atoms. The van der Waals surface area contributed by atoms with Crippen LogP contribution in [0.3, 0.4) is 0 Å². The number of aliphatic hydroxyl groups is 1. The fourth-order valence-corrected chi connectivity index (χ4v) is 4.53. The minimum absolute atomic E-state index is 0.0157. The lowest BCUT2D eigenvalue weighted by atomic mass is 9.94. The van der Waals surface area contributed by atoms with Crippen LogP contribution >= 0.6 is 0 Å². The van der Waals surface area contributed by atoms with Gasteiger partial charge in [0.1, 0.15) is 28.8 Å². The third-order valence-corrected chi connectivity index (χ3v) is 6.18. The van der Waals surface area contributed by atoms with E-state index in [4.69, 9.17) is 18.9 Å². The van der Waals surface area contributed by atoms with E-state index < -0.39 is 17.7 Å². The molecule has 3 aromatic rings. The zero-order valence-electron chi connectivity index (χ0n) is 22.8. The van der Waals surface area contributed by atoms with Gasteiger partial charge >= 0.3 is 0 Å². The summed E-state index contributed by atoms with van der Waals surface area (Å²) in [6.45, 7) is 8.32. The minimum atomic E-state index is -0.895. The van der Waals surface area contributed by atoms with Crippen molar-refractivity contribution in [2.75, 3.05) is 25.2 Å². The average Bonchev–Trinajstić information content (AvgIpc) is 3.19. The van der Waals surface area contributed by atoms with Gasteiger partial charge in [-0.2, -0.15) is 0 Å². The Morgan fingerprint density at radius 1 is 0.872 bits per heavy atom. The van der Waals surface area contributed by atoms with Crippen molar-refractivity contribution in [3.05, 3.63) is 83.4 Å². The summed E-state index contributed by atoms with van der Waals surface area (Å²) >= 11 is 0. The third kappa shape index (κ3) is 5.70. The van der Waals surface area contributed by atoms with Gasteiger partial charge in [0.25, 0.3) is 11.7 Å². The predicted octanol–water partition coefficient (Wildman–Crippen LogP) is 5.91. The number of Topliss-reactive ketones (excluding diaryl/α,β-unsaturated/α-hetero) is 1. The highest BCUT2D eigenvalue weighted by Crippen LogP contribution is 2.44. The summed E-state index contributed by atoms with van der Waals surface area (Å²) in [6, 6.07) is 18.1. The van der Waals surface area contributed by atoms with Gasteiger partial charge in [0, 0.05) is 11.8 Å². The Labute approximate surface area is 228 Å². The molecule has 1 atom stereocenters. The van der Waals surface area contributed by atoms with Crippen LogP contribution in [0.25, 0.3) is 5.76 Å². The Hall–Kier alpha value is -4.46. The molecule has 8 heteroatoms. The quantitative estimate of drug-likeness (QED) is 0.198. The predicted molar refractivity (Wildman–Crippen MR) is 149 cm³/mol. The fourth-order valence-electron chi connectivity index (χ4n) is 4.53. The second kappa shape index (κ2) is 11.9. The summed E-state index contributed by atoms with van der Waals surface area (Å²) in [7, 11) is 1.56. The minimum Gasteiger partial charge on any atom is -0.507 e. The normalized spacial score (nSPS) is 16.5. The van der Waals surface area contributed by atoms with Crippen LogP contribution in [0.1, 0.15) is 44.9 Å². The number of benzene rings is 3. The van der Waals surface area contributed by atoms with E-state index in [0.717, 1.165) is 0 Å². The molecule has 1 aliphatic heterocycles. The molecule has 1 saturated heterocycles. The largest absolute Gasteiger partial charge is 0.507 e. The molecule has 1 aliphatic rings. The van der Waals surface area contributed by atoms with Crippen molar-refractivity contribution in [3.8, 4) is 23.0 Å². The number of ketones is 1. The molecule has 3 aromatic carbocycles. The van der Waals surface area contributed by atoms with Gasteiger partial charge in [0.05, 0.1) is 43.6 Å². The highest BCUT2D eigenvalue weighted by molar-refractivity contribution is 6.51. The number of methoxy groups -OCH3 is 1. The Bertz CT molecular complexity index is 1360. The summed E-state index contributed by atoms with van der Waals surface area (Å²) < 4.78 is 22.4. The second-order valence-corrected chi connectivity index (χ2v) is 9.13. The maximum Gasteiger partial charge on any atom is 0.300 e. The number of carbonyl (C=O) groups excluding carboxylic acids is 2. The molecule has 0 saturated carbocycles. The van der Waals surface area contributed by atoms with Crippen LogP contribution in [0.4, 0.5) is 5.69 Å². The van der Waals surface area contributed by atoms with Crippen molar-refractivity contribution >= 4 is 23.1 Å². The first-order valence-electron chi connectivity index (χ1n) is 12.9. The zero-order chi connectivity index (χ0) is 28.1. The average molecular weight is 532 g/mol. The number of hydrogen-bond acceptors (Lipinski definition) is 7. The molecule has 8 nitrogen and oxygen atoms in total. The molecule has 1 fully saturated rings. The first-order valence-corrected chi connectivity index (χ1v) is 12.9. The zero-order valence-corrected chi connectivity index (χ0v) is 22.8. The van der Waals surface area contributed by atoms with Gasteiger partial charge in [-0.3, -0.25) is 14.5 Å². The van der Waals surface area contributed by atoms with Crippen molar-refractivity contribution in [1.82, 2.24) is 0 Å². The molecule has 204 valence electrons. The molecule has 0 aliphatic carbocycles. The van der Waals surface area contributed by atoms with Gasteiger partial charge in [-0.1, -0.05) is 12.1 Å². The van der Waals surface area contributed by atoms with Crippen LogP contribution in [-0.4, -0.2) is 43.2 Å². The molecule has 1 heterocycles. The summed E-state index contributed by atoms with van der Waals surface area (Å²) in [5.74, 6) is 0.288. The van der Waals surface area contributed by atoms with Gasteiger partial charge in [0.2, 0.25) is 0 Å². The van der Waals surface area contributed by atoms with Crippen molar-refractivity contribution < 1.29 is 33.6 Å². The monoisotopic (exact) mass is 531 g/mol. The standard InChI is InChI=1S/C31H33NO7/c1-6-37-24-16-17-25(26(18-24)38-7-2)29(33)27-28(20-8-12-22(36-5)13-9-20)32(31(35)30(27)34)21-10-14-23(15-11-21)39-19(3)4/h8-19,28,33H,6-7H2,1-5H3/b29-27-. The molecule has 4 rings (SSSR count). The number of nitrogens with zero attached hydrogens (tertiary/aromatic N) is 1. The number of anilines is 1. The van der Waals surface area contributed by atoms with Crippen LogP contribution in [0, 0.1) is 0 Å². The lowest BCUT2D eigenvalue weighted by Crippen LogP contribution is -2.29. The molecule has 0 spiro atoms. The Morgan fingerprint density at radius 3 is 2.08 bits per heavy atom. The van der Waals surface area contributed by atoms with Crippen molar-refractivity contribution in [2.45, 2.75) is 39.8 Å². The van der Waals surface area contributed by atoms with E-state index in [2.05, 4.69) is 0 Å². The molecule has 39 heavy (non-hydrogen) atoms. The lowest BCUT2D eigenvalue weighted by Gasteiger charge is -2.26. The van der Waals surface area contributed by atoms with Crippen molar-refractivity contribution in [2.24, 2.45) is 0 Å². The number of amides is 1. The topological polar surface area (TPSA) is 94.5 Å². The SMILES string of the molecule is CCOc1ccc(/C(O)=C2/C(=O)C(=O)N(c3ccc(OC(C)C)cc3)C2c2ccc(OC)cc2)c(OCC)c1. The lowest BCUT2D eigenvalue weighted by molar-refractivity contribution is -0.132. The number of carbonyl (C=O) groups is 2. The van der Waals surface area contributed by atoms with Gasteiger partial charge in [-0.15, -0.1) is 0 Å². The van der Waals surface area contributed by atoms with Crippen LogP contribution in [-0.2, 0) is 9.59 Å². The third-order valence-electron chi connectivity index (χ3n) is 6.18. The Balaban J connectivity index is 1.89. The van der Waals surface area contributed by atoms with Gasteiger partial charge in [-0.25, -0.2) is 0 Å². The van der Waals surface area contributed by atoms with E-state index in [1.807, 2.05) is 27.7 Å². The van der Waals surface area contributed by atoms with E-state index in [9.17, 15) is 14.7 Å². The second-order valence-electron chi connectivity index (χ2n) is 9.13. The van der Waals surface area contributed by atoms with Crippen LogP contribution in [0.2, 0.25) is 0 Å². The fraction of sp³-hybridized carbons (Fsp3) is 0.290. The molecule has 0 radical (unpaired) electrons. The summed E-state index contributed by atoms with van der Waals surface area (Å²) in [4.78, 5) is 28.4. The summed E-state index contributed by atoms with van der Waals surface area (Å²) in [6.07, 6.45) is -0.0157. The van der Waals surface area contributed by atoms with Gasteiger partial charge in [0.15, 0.2) is 0 Å². The highest BCUT2D eigenvalue weighted by atomic mass is 16.5. The molecular weight excluding hydrogens is 498 g/mol. The number of aliphatic hydroxyl groups excluding tert-OH is 1. The Kier molecular flexibility index (Phi) is 8.44. The summed E-state index contributed by atoms with van der Waals surface area (Å²) in [5, 5.41) is 11.6. The molecule has 1 amide bonds. The Morgan fingerprint density at radius 2 is 1.49 bits per heavy atom. The van der Waals surface area contributed by atoms with E-state index >= 15 is 0 Å². The first-order chi connectivity index (χ1) is 18.8. The number of ether oxygens (including phenoxy) is 4.